The van der Waals surface area contributed by atoms with Gasteiger partial charge in [0.05, 0.1) is 22.3 Å². The van der Waals surface area contributed by atoms with Crippen LogP contribution in [0.2, 0.25) is 5.02 Å². The zero-order valence-electron chi connectivity index (χ0n) is 17.7. The van der Waals surface area contributed by atoms with Crippen molar-refractivity contribution >= 4 is 33.5 Å². The molecule has 1 aliphatic heterocycles. The third-order valence-electron chi connectivity index (χ3n) is 4.42. The molecular weight excluding hydrogens is 479 g/mol. The van der Waals surface area contributed by atoms with Gasteiger partial charge in [0.25, 0.3) is 0 Å². The number of halogens is 4. The second kappa shape index (κ2) is 9.34. The molecule has 0 aromatic heterocycles. The second-order valence-electron chi connectivity index (χ2n) is 8.07. The summed E-state index contributed by atoms with van der Waals surface area (Å²) in [7, 11) is -3.08. The van der Waals surface area contributed by atoms with Crippen LogP contribution in [0.25, 0.3) is 0 Å². The van der Waals surface area contributed by atoms with E-state index in [2.05, 4.69) is 9.47 Å². The first-order chi connectivity index (χ1) is 14.5. The van der Waals surface area contributed by atoms with Crippen LogP contribution >= 0.6 is 11.6 Å². The molecule has 13 heteroatoms. The number of methoxy groups -OCH3 is 1. The number of esters is 1. The van der Waals surface area contributed by atoms with Gasteiger partial charge in [-0.3, -0.25) is 4.90 Å². The van der Waals surface area contributed by atoms with Gasteiger partial charge in [0.2, 0.25) is 0 Å². The van der Waals surface area contributed by atoms with E-state index in [0.717, 1.165) is 30.2 Å². The Morgan fingerprint density at radius 3 is 2.34 bits per heavy atom. The minimum absolute atomic E-state index is 0.263. The van der Waals surface area contributed by atoms with Crippen LogP contribution in [0.3, 0.4) is 0 Å². The third kappa shape index (κ3) is 6.41. The van der Waals surface area contributed by atoms with E-state index >= 15 is 0 Å². The van der Waals surface area contributed by atoms with Crippen LogP contribution in [0.15, 0.2) is 23.1 Å². The molecule has 1 saturated heterocycles. The summed E-state index contributed by atoms with van der Waals surface area (Å²) in [6, 6.07) is 1.83. The lowest BCUT2D eigenvalue weighted by molar-refractivity contribution is -0.153. The third-order valence-corrected chi connectivity index (χ3v) is 7.03. The van der Waals surface area contributed by atoms with E-state index in [0.29, 0.717) is 0 Å². The Morgan fingerprint density at radius 1 is 1.22 bits per heavy atom. The fraction of sp³-hybridized carbons (Fsp3) is 0.579. The maximum absolute atomic E-state index is 13.2. The van der Waals surface area contributed by atoms with Gasteiger partial charge in [-0.1, -0.05) is 11.6 Å². The highest BCUT2D eigenvalue weighted by atomic mass is 35.5. The van der Waals surface area contributed by atoms with Crippen LogP contribution < -0.4 is 4.74 Å². The molecule has 0 saturated carbocycles. The molecule has 0 aliphatic carbocycles. The van der Waals surface area contributed by atoms with Gasteiger partial charge >= 0.3 is 18.2 Å². The van der Waals surface area contributed by atoms with Crippen LogP contribution in [-0.2, 0) is 24.1 Å². The summed E-state index contributed by atoms with van der Waals surface area (Å²) in [6.45, 7) is 2.92. The molecular formula is C19H23ClF3NO7S. The molecule has 1 aromatic rings. The van der Waals surface area contributed by atoms with Gasteiger partial charge in [-0.25, -0.2) is 18.0 Å². The minimum Gasteiger partial charge on any atom is -0.484 e. The molecule has 1 heterocycles. The Labute approximate surface area is 188 Å². The van der Waals surface area contributed by atoms with Crippen molar-refractivity contribution in [3.05, 3.63) is 23.2 Å². The van der Waals surface area contributed by atoms with Gasteiger partial charge in [-0.2, -0.15) is 13.2 Å². The number of likely N-dealkylation sites (tertiary alicyclic amines) is 1. The molecule has 1 fully saturated rings. The Kier molecular flexibility index (Phi) is 7.60. The molecule has 0 bridgehead atoms. The second-order valence-corrected chi connectivity index (χ2v) is 10.7. The number of hydrogen-bond acceptors (Lipinski definition) is 7. The number of amides is 1. The molecule has 1 aliphatic rings. The summed E-state index contributed by atoms with van der Waals surface area (Å²) in [4.78, 5) is 25.3. The van der Waals surface area contributed by atoms with Crippen molar-refractivity contribution in [2.24, 2.45) is 0 Å². The number of alkyl halides is 3. The van der Waals surface area contributed by atoms with Crippen LogP contribution in [0.4, 0.5) is 18.0 Å². The fourth-order valence-corrected chi connectivity index (χ4v) is 5.28. The van der Waals surface area contributed by atoms with Crippen molar-refractivity contribution in [3.63, 3.8) is 0 Å². The van der Waals surface area contributed by atoms with Crippen molar-refractivity contribution in [1.29, 1.82) is 0 Å². The van der Waals surface area contributed by atoms with Gasteiger partial charge in [0, 0.05) is 12.6 Å². The van der Waals surface area contributed by atoms with E-state index in [1.807, 2.05) is 0 Å². The lowest BCUT2D eigenvalue weighted by atomic mass is 10.2. The van der Waals surface area contributed by atoms with E-state index < -0.39 is 51.6 Å². The molecule has 0 N–H and O–H groups in total. The number of rotatable bonds is 5. The molecule has 180 valence electrons. The molecule has 1 aromatic carbocycles. The summed E-state index contributed by atoms with van der Waals surface area (Å²) in [5.41, 5.74) is -0.885. The first-order valence-electron chi connectivity index (χ1n) is 9.35. The summed E-state index contributed by atoms with van der Waals surface area (Å²) < 4.78 is 77.8. The largest absolute Gasteiger partial charge is 0.484 e. The highest BCUT2D eigenvalue weighted by Gasteiger charge is 2.47. The molecule has 2 unspecified atom stereocenters. The monoisotopic (exact) mass is 501 g/mol. The normalized spacial score (nSPS) is 19.6. The maximum Gasteiger partial charge on any atom is 0.422 e. The smallest absolute Gasteiger partial charge is 0.422 e. The van der Waals surface area contributed by atoms with Crippen molar-refractivity contribution in [2.75, 3.05) is 20.3 Å². The number of benzene rings is 1. The summed E-state index contributed by atoms with van der Waals surface area (Å²) in [6.07, 6.45) is -5.72. The highest BCUT2D eigenvalue weighted by Crippen LogP contribution is 2.34. The van der Waals surface area contributed by atoms with Crippen LogP contribution in [-0.4, -0.2) is 68.7 Å². The lowest BCUT2D eigenvalue weighted by Gasteiger charge is -2.27. The Bertz CT molecular complexity index is 976. The first kappa shape index (κ1) is 26.0. The summed E-state index contributed by atoms with van der Waals surface area (Å²) in [5, 5.41) is -1.58. The predicted molar refractivity (Wildman–Crippen MR) is 107 cm³/mol. The predicted octanol–water partition coefficient (Wildman–Crippen LogP) is 3.61. The SMILES string of the molecule is COC(=O)C1CC(S(=O)(=O)c2ccc(OCC(F)(F)F)cc2Cl)CN1C(=O)OC(C)(C)C. The van der Waals surface area contributed by atoms with E-state index in [9.17, 15) is 31.2 Å². The molecule has 0 spiro atoms. The number of carbonyl (C=O) groups is 2. The number of nitrogens with zero attached hydrogens (tertiary/aromatic N) is 1. The molecule has 8 nitrogen and oxygen atoms in total. The topological polar surface area (TPSA) is 99.2 Å². The Morgan fingerprint density at radius 2 is 1.84 bits per heavy atom. The van der Waals surface area contributed by atoms with E-state index in [4.69, 9.17) is 16.3 Å². The summed E-state index contributed by atoms with van der Waals surface area (Å²) >= 11 is 6.02. The van der Waals surface area contributed by atoms with E-state index in [1.54, 1.807) is 20.8 Å². The average molecular weight is 502 g/mol. The standard InChI is InChI=1S/C19H23ClF3NO7S/c1-18(2,3)31-17(26)24-9-12(8-14(24)16(25)29-4)32(27,28)15-6-5-11(7-13(15)20)30-10-19(21,22)23/h5-7,12,14H,8-10H2,1-4H3. The number of carbonyl (C=O) groups excluding carboxylic acids is 2. The number of ether oxygens (including phenoxy) is 3. The fourth-order valence-electron chi connectivity index (χ4n) is 3.05. The Balaban J connectivity index is 2.29. The average Bonchev–Trinajstić information content (AvgIpc) is 3.10. The van der Waals surface area contributed by atoms with Gasteiger partial charge in [0.15, 0.2) is 16.4 Å². The van der Waals surface area contributed by atoms with Crippen molar-refractivity contribution in [3.8, 4) is 5.75 Å². The quantitative estimate of drug-likeness (QED) is 0.568. The van der Waals surface area contributed by atoms with Crippen molar-refractivity contribution < 1.29 is 45.4 Å². The zero-order valence-corrected chi connectivity index (χ0v) is 19.3. The van der Waals surface area contributed by atoms with Crippen LogP contribution in [0, 0.1) is 0 Å². The maximum atomic E-state index is 13.2. The zero-order chi connectivity index (χ0) is 24.5. The van der Waals surface area contributed by atoms with Gasteiger partial charge < -0.3 is 14.2 Å². The first-order valence-corrected chi connectivity index (χ1v) is 11.3. The van der Waals surface area contributed by atoms with E-state index in [-0.39, 0.29) is 28.6 Å². The van der Waals surface area contributed by atoms with Crippen molar-refractivity contribution in [1.82, 2.24) is 4.90 Å². The number of sulfone groups is 1. The van der Waals surface area contributed by atoms with Crippen LogP contribution in [0.1, 0.15) is 27.2 Å². The van der Waals surface area contributed by atoms with Gasteiger partial charge in [-0.05, 0) is 39.3 Å². The molecule has 2 rings (SSSR count). The molecule has 32 heavy (non-hydrogen) atoms. The van der Waals surface area contributed by atoms with Gasteiger partial charge in [-0.15, -0.1) is 0 Å². The number of hydrogen-bond donors (Lipinski definition) is 0. The highest BCUT2D eigenvalue weighted by molar-refractivity contribution is 7.92. The Hall–Kier alpha value is -2.21. The molecule has 0 radical (unpaired) electrons. The van der Waals surface area contributed by atoms with E-state index in [1.165, 1.54) is 0 Å². The van der Waals surface area contributed by atoms with Crippen LogP contribution in [0.5, 0.6) is 5.75 Å². The molecule has 1 amide bonds. The lowest BCUT2D eigenvalue weighted by Crippen LogP contribution is -2.44. The van der Waals surface area contributed by atoms with Gasteiger partial charge in [0.1, 0.15) is 17.4 Å². The minimum atomic E-state index is -4.57. The van der Waals surface area contributed by atoms with Crippen molar-refractivity contribution in [2.45, 2.75) is 55.2 Å². The summed E-state index contributed by atoms with van der Waals surface area (Å²) in [5.74, 6) is -1.07. The molecule has 2 atom stereocenters.